The molecule has 0 aromatic carbocycles. The maximum absolute atomic E-state index is 12.5. The minimum Gasteiger partial charge on any atom is -0.313 e. The molecule has 0 saturated heterocycles. The summed E-state index contributed by atoms with van der Waals surface area (Å²) in [7, 11) is 1.89. The molecule has 0 bridgehead atoms. The Bertz CT molecular complexity index is 1040. The summed E-state index contributed by atoms with van der Waals surface area (Å²) in [5.41, 5.74) is 3.32. The molecule has 6 atom stereocenters. The van der Waals surface area contributed by atoms with Crippen LogP contribution < -0.4 is 4.57 Å². The molecule has 5 rings (SSSR count). The van der Waals surface area contributed by atoms with Crippen molar-refractivity contribution in [2.24, 2.45) is 46.7 Å². The van der Waals surface area contributed by atoms with Gasteiger partial charge in [0.25, 0.3) is 0 Å². The largest absolute Gasteiger partial charge is 0.371 e. The molecule has 3 fully saturated rings. The normalized spacial score (nSPS) is 38.1. The number of carbonyl (C=O) groups is 2. The highest BCUT2D eigenvalue weighted by molar-refractivity contribution is 5.92. The van der Waals surface area contributed by atoms with Gasteiger partial charge in [-0.3, -0.25) is 4.79 Å². The number of hydrogen-bond donors (Lipinski definition) is 0. The number of pyridine rings is 1. The average Bonchev–Trinajstić information content (AvgIpc) is 3.15. The summed E-state index contributed by atoms with van der Waals surface area (Å²) < 4.78 is 1.84. The van der Waals surface area contributed by atoms with Crippen LogP contribution in [0, 0.1) is 34.5 Å². The van der Waals surface area contributed by atoms with Crippen LogP contribution in [-0.4, -0.2) is 17.5 Å². The van der Waals surface area contributed by atoms with Gasteiger partial charge in [0.1, 0.15) is 12.6 Å². The smallest absolute Gasteiger partial charge is 0.313 e. The second-order valence-electron chi connectivity index (χ2n) is 11.5. The van der Waals surface area contributed by atoms with Gasteiger partial charge in [0.15, 0.2) is 18.2 Å². The second-order valence-corrected chi connectivity index (χ2v) is 11.5. The SMILES string of the molecule is C/C(=N/OC(=O)c1ccc[n+](C)c1)C1CCC2C3CCC4=CC(=O)CCC4(C)C3CCC12C. The Morgan fingerprint density at radius 2 is 1.94 bits per heavy atom. The molecule has 0 spiro atoms. The van der Waals surface area contributed by atoms with Gasteiger partial charge >= 0.3 is 5.97 Å². The first-order valence-electron chi connectivity index (χ1n) is 12.7. The third-order valence-electron chi connectivity index (χ3n) is 9.91. The standard InChI is InChI=1S/C28H37N2O3/c1-18(29-33-26(32)19-6-5-15-30(4)17-19)23-9-10-24-22-8-7-20-16-21(31)11-13-27(20,2)25(22)12-14-28(23,24)3/h5-6,15-17,22-25H,7-14H2,1-4H3/q+1/b29-18-. The predicted molar refractivity (Wildman–Crippen MR) is 126 cm³/mol. The third-order valence-corrected chi connectivity index (χ3v) is 9.91. The Morgan fingerprint density at radius 3 is 2.73 bits per heavy atom. The molecular weight excluding hydrogens is 412 g/mol. The summed E-state index contributed by atoms with van der Waals surface area (Å²) >= 11 is 0. The van der Waals surface area contributed by atoms with E-state index in [-0.39, 0.29) is 10.8 Å². The highest BCUT2D eigenvalue weighted by Gasteiger charge is 2.59. The van der Waals surface area contributed by atoms with Crippen molar-refractivity contribution in [3.05, 3.63) is 41.7 Å². The maximum Gasteiger partial charge on any atom is 0.371 e. The van der Waals surface area contributed by atoms with E-state index < -0.39 is 5.97 Å². The molecule has 176 valence electrons. The topological polar surface area (TPSA) is 59.6 Å². The van der Waals surface area contributed by atoms with E-state index in [2.05, 4.69) is 19.0 Å². The monoisotopic (exact) mass is 449 g/mol. The first-order chi connectivity index (χ1) is 15.7. The van der Waals surface area contributed by atoms with Gasteiger partial charge in [-0.05, 0) is 92.6 Å². The Morgan fingerprint density at radius 1 is 1.12 bits per heavy atom. The number of carbonyl (C=O) groups excluding carboxylic acids is 2. The minimum atomic E-state index is -0.402. The van der Waals surface area contributed by atoms with Gasteiger partial charge in [-0.15, -0.1) is 0 Å². The molecule has 3 saturated carbocycles. The van der Waals surface area contributed by atoms with Crippen LogP contribution in [0.4, 0.5) is 0 Å². The summed E-state index contributed by atoms with van der Waals surface area (Å²) in [5, 5.41) is 4.35. The van der Waals surface area contributed by atoms with Gasteiger partial charge in [-0.2, -0.15) is 0 Å². The molecule has 1 heterocycles. The van der Waals surface area contributed by atoms with Gasteiger partial charge < -0.3 is 4.84 Å². The number of fused-ring (bicyclic) bond motifs is 5. The average molecular weight is 450 g/mol. The molecular formula is C28H37N2O3+. The summed E-state index contributed by atoms with van der Waals surface area (Å²) in [4.78, 5) is 29.9. The molecule has 0 N–H and O–H groups in total. The van der Waals surface area contributed by atoms with Crippen molar-refractivity contribution in [2.45, 2.75) is 72.1 Å². The third kappa shape index (κ3) is 3.68. The highest BCUT2D eigenvalue weighted by atomic mass is 16.7. The first kappa shape index (κ1) is 22.5. The van der Waals surface area contributed by atoms with E-state index in [1.54, 1.807) is 12.3 Å². The van der Waals surface area contributed by atoms with E-state index in [0.717, 1.165) is 30.9 Å². The van der Waals surface area contributed by atoms with Crippen molar-refractivity contribution in [3.8, 4) is 0 Å². The van der Waals surface area contributed by atoms with Crippen molar-refractivity contribution in [1.82, 2.24) is 0 Å². The molecule has 0 aliphatic heterocycles. The molecule has 6 unspecified atom stereocenters. The Kier molecular flexibility index (Phi) is 5.57. The number of hydrogen-bond acceptors (Lipinski definition) is 4. The van der Waals surface area contributed by atoms with Crippen molar-refractivity contribution in [1.29, 1.82) is 0 Å². The molecule has 4 aliphatic carbocycles. The Hall–Kier alpha value is -2.30. The summed E-state index contributed by atoms with van der Waals surface area (Å²) in [6.07, 6.45) is 14.4. The molecule has 0 radical (unpaired) electrons. The predicted octanol–water partition coefficient (Wildman–Crippen LogP) is 5.19. The van der Waals surface area contributed by atoms with E-state index in [1.165, 1.54) is 31.3 Å². The number of ketones is 1. The number of allylic oxidation sites excluding steroid dienone is 1. The molecule has 4 aliphatic rings. The van der Waals surface area contributed by atoms with E-state index in [9.17, 15) is 9.59 Å². The fourth-order valence-corrected chi connectivity index (χ4v) is 8.18. The zero-order valence-corrected chi connectivity index (χ0v) is 20.5. The van der Waals surface area contributed by atoms with E-state index in [0.29, 0.717) is 35.5 Å². The number of oxime groups is 1. The molecule has 5 heteroatoms. The number of rotatable bonds is 3. The minimum absolute atomic E-state index is 0.209. The van der Waals surface area contributed by atoms with Crippen LogP contribution in [0.5, 0.6) is 0 Å². The lowest BCUT2D eigenvalue weighted by Gasteiger charge is -2.58. The lowest BCUT2D eigenvalue weighted by molar-refractivity contribution is -0.671. The van der Waals surface area contributed by atoms with Crippen LogP contribution in [0.2, 0.25) is 0 Å². The van der Waals surface area contributed by atoms with Crippen molar-refractivity contribution < 1.29 is 19.0 Å². The van der Waals surface area contributed by atoms with Crippen LogP contribution in [0.1, 0.15) is 82.5 Å². The number of aromatic nitrogens is 1. The summed E-state index contributed by atoms with van der Waals surface area (Å²) in [6.45, 7) is 6.94. The van der Waals surface area contributed by atoms with E-state index in [4.69, 9.17) is 4.84 Å². The maximum atomic E-state index is 12.5. The van der Waals surface area contributed by atoms with E-state index in [1.807, 2.05) is 36.9 Å². The lowest BCUT2D eigenvalue weighted by atomic mass is 9.46. The van der Waals surface area contributed by atoms with Gasteiger partial charge in [0, 0.05) is 18.4 Å². The summed E-state index contributed by atoms with van der Waals surface area (Å²) in [6, 6.07) is 3.59. The molecule has 1 aromatic rings. The van der Waals surface area contributed by atoms with Gasteiger partial charge in [-0.25, -0.2) is 9.36 Å². The van der Waals surface area contributed by atoms with Crippen molar-refractivity contribution in [3.63, 3.8) is 0 Å². The second kappa shape index (κ2) is 8.18. The quantitative estimate of drug-likeness (QED) is 0.276. The summed E-state index contributed by atoms with van der Waals surface area (Å²) in [5.74, 6) is 2.39. The molecule has 1 aromatic heterocycles. The fraction of sp³-hybridized carbons (Fsp3) is 0.643. The zero-order valence-electron chi connectivity index (χ0n) is 20.5. The Labute approximate surface area is 197 Å². The van der Waals surface area contributed by atoms with Crippen LogP contribution in [0.25, 0.3) is 0 Å². The Balaban J connectivity index is 1.33. The van der Waals surface area contributed by atoms with Gasteiger partial charge in [0.05, 0.1) is 5.71 Å². The van der Waals surface area contributed by atoms with E-state index >= 15 is 0 Å². The highest BCUT2D eigenvalue weighted by Crippen LogP contribution is 2.66. The molecule has 0 amide bonds. The molecule has 5 nitrogen and oxygen atoms in total. The lowest BCUT2D eigenvalue weighted by Crippen LogP contribution is -2.51. The first-order valence-corrected chi connectivity index (χ1v) is 12.7. The number of aryl methyl sites for hydroxylation is 1. The van der Waals surface area contributed by atoms with Crippen LogP contribution in [-0.2, 0) is 16.7 Å². The van der Waals surface area contributed by atoms with Crippen molar-refractivity contribution in [2.75, 3.05) is 0 Å². The number of nitrogens with zero attached hydrogens (tertiary/aromatic N) is 2. The van der Waals surface area contributed by atoms with Crippen molar-refractivity contribution >= 4 is 17.5 Å². The fourth-order valence-electron chi connectivity index (χ4n) is 8.18. The van der Waals surface area contributed by atoms with Crippen LogP contribution >= 0.6 is 0 Å². The molecule has 33 heavy (non-hydrogen) atoms. The zero-order chi connectivity index (χ0) is 23.4. The van der Waals surface area contributed by atoms with Gasteiger partial charge in [-0.1, -0.05) is 24.6 Å². The van der Waals surface area contributed by atoms with Crippen LogP contribution in [0.3, 0.4) is 0 Å². The van der Waals surface area contributed by atoms with Gasteiger partial charge in [0.2, 0.25) is 0 Å². The van der Waals surface area contributed by atoms with Crippen LogP contribution in [0.15, 0.2) is 41.3 Å².